The standard InChI is InChI=1S/C11H13N3O3/c1-17-11(16)7-8-6-10(15)14(13-8)9-4-2-3-5-12-9/h2-5,8,13H,6-7H2,1H3. The fourth-order valence-electron chi connectivity index (χ4n) is 1.68. The minimum atomic E-state index is -0.335. The zero-order valence-electron chi connectivity index (χ0n) is 9.42. The first-order valence-electron chi connectivity index (χ1n) is 5.27. The van der Waals surface area contributed by atoms with Crippen molar-refractivity contribution in [2.24, 2.45) is 0 Å². The Balaban J connectivity index is 2.03. The summed E-state index contributed by atoms with van der Waals surface area (Å²) in [6.45, 7) is 0. The van der Waals surface area contributed by atoms with Crippen LogP contribution in [0.3, 0.4) is 0 Å². The van der Waals surface area contributed by atoms with Crippen molar-refractivity contribution in [3.63, 3.8) is 0 Å². The molecule has 17 heavy (non-hydrogen) atoms. The van der Waals surface area contributed by atoms with E-state index >= 15 is 0 Å². The summed E-state index contributed by atoms with van der Waals surface area (Å²) in [5.41, 5.74) is 2.94. The average molecular weight is 235 g/mol. The Kier molecular flexibility index (Phi) is 3.34. The Hall–Kier alpha value is -1.95. The maximum absolute atomic E-state index is 11.7. The molecule has 1 N–H and O–H groups in total. The quantitative estimate of drug-likeness (QED) is 0.761. The predicted molar refractivity (Wildman–Crippen MR) is 59.9 cm³/mol. The minimum Gasteiger partial charge on any atom is -0.469 e. The van der Waals surface area contributed by atoms with Crippen molar-refractivity contribution in [3.8, 4) is 0 Å². The van der Waals surface area contributed by atoms with Crippen LogP contribution in [-0.2, 0) is 14.3 Å². The van der Waals surface area contributed by atoms with E-state index in [-0.39, 0.29) is 30.8 Å². The number of carbonyl (C=O) groups is 2. The van der Waals surface area contributed by atoms with Gasteiger partial charge in [-0.05, 0) is 12.1 Å². The molecule has 1 aliphatic heterocycles. The highest BCUT2D eigenvalue weighted by Crippen LogP contribution is 2.17. The number of aromatic nitrogens is 1. The van der Waals surface area contributed by atoms with Crippen LogP contribution in [0.4, 0.5) is 5.82 Å². The molecule has 2 heterocycles. The van der Waals surface area contributed by atoms with Crippen LogP contribution in [-0.4, -0.2) is 30.0 Å². The van der Waals surface area contributed by atoms with Gasteiger partial charge in [0.2, 0.25) is 5.91 Å². The summed E-state index contributed by atoms with van der Waals surface area (Å²) in [4.78, 5) is 26.9. The maximum atomic E-state index is 11.7. The molecule has 1 aromatic rings. The fraction of sp³-hybridized carbons (Fsp3) is 0.364. The van der Waals surface area contributed by atoms with E-state index in [0.717, 1.165) is 0 Å². The number of hydrazine groups is 1. The molecule has 0 radical (unpaired) electrons. The number of esters is 1. The van der Waals surface area contributed by atoms with Crippen molar-refractivity contribution < 1.29 is 14.3 Å². The van der Waals surface area contributed by atoms with Crippen molar-refractivity contribution in [2.45, 2.75) is 18.9 Å². The van der Waals surface area contributed by atoms with E-state index < -0.39 is 0 Å². The molecule has 1 aliphatic rings. The van der Waals surface area contributed by atoms with Crippen LogP contribution < -0.4 is 10.4 Å². The van der Waals surface area contributed by atoms with Gasteiger partial charge in [-0.1, -0.05) is 6.07 Å². The lowest BCUT2D eigenvalue weighted by atomic mass is 10.2. The lowest BCUT2D eigenvalue weighted by molar-refractivity contribution is -0.141. The monoisotopic (exact) mass is 235 g/mol. The summed E-state index contributed by atoms with van der Waals surface area (Å²) in [6, 6.07) is 5.07. The van der Waals surface area contributed by atoms with E-state index in [1.807, 2.05) is 0 Å². The summed E-state index contributed by atoms with van der Waals surface area (Å²) >= 11 is 0. The molecule has 1 unspecified atom stereocenters. The number of anilines is 1. The first-order valence-corrected chi connectivity index (χ1v) is 5.27. The normalized spacial score (nSPS) is 19.5. The Morgan fingerprint density at radius 2 is 2.47 bits per heavy atom. The van der Waals surface area contributed by atoms with Crippen molar-refractivity contribution >= 4 is 17.7 Å². The number of rotatable bonds is 3. The van der Waals surface area contributed by atoms with Crippen molar-refractivity contribution in [2.75, 3.05) is 12.1 Å². The first-order chi connectivity index (χ1) is 8.20. The van der Waals surface area contributed by atoms with Gasteiger partial charge in [0.15, 0.2) is 0 Å². The Morgan fingerprint density at radius 3 is 3.12 bits per heavy atom. The first kappa shape index (κ1) is 11.5. The zero-order chi connectivity index (χ0) is 12.3. The minimum absolute atomic E-state index is 0.0994. The second-order valence-electron chi connectivity index (χ2n) is 3.73. The molecule has 0 spiro atoms. The molecule has 1 aromatic heterocycles. The molecule has 0 aliphatic carbocycles. The molecule has 1 amide bonds. The molecule has 1 fully saturated rings. The summed E-state index contributed by atoms with van der Waals surface area (Å²) in [6.07, 6.45) is 2.05. The lowest BCUT2D eigenvalue weighted by Gasteiger charge is -2.16. The third kappa shape index (κ3) is 2.59. The lowest BCUT2D eigenvalue weighted by Crippen LogP contribution is -2.38. The highest BCUT2D eigenvalue weighted by molar-refractivity contribution is 5.94. The van der Waals surface area contributed by atoms with Crippen LogP contribution in [0.15, 0.2) is 24.4 Å². The third-order valence-electron chi connectivity index (χ3n) is 2.50. The topological polar surface area (TPSA) is 71.5 Å². The van der Waals surface area contributed by atoms with Gasteiger partial charge in [0.1, 0.15) is 5.82 Å². The number of nitrogens with one attached hydrogen (secondary N) is 1. The molecule has 0 bridgehead atoms. The molecule has 90 valence electrons. The van der Waals surface area contributed by atoms with Gasteiger partial charge in [0.05, 0.1) is 13.5 Å². The van der Waals surface area contributed by atoms with Crippen molar-refractivity contribution in [1.82, 2.24) is 10.4 Å². The van der Waals surface area contributed by atoms with Crippen LogP contribution in [0.25, 0.3) is 0 Å². The summed E-state index contributed by atoms with van der Waals surface area (Å²) in [5, 5.41) is 1.37. The number of pyridine rings is 1. The fourth-order valence-corrected chi connectivity index (χ4v) is 1.68. The molecule has 6 nitrogen and oxygen atoms in total. The van der Waals surface area contributed by atoms with Crippen LogP contribution in [0.2, 0.25) is 0 Å². The molecule has 0 aromatic carbocycles. The summed E-state index contributed by atoms with van der Waals surface area (Å²) in [5.74, 6) is 0.0978. The molecule has 0 saturated carbocycles. The average Bonchev–Trinajstić information content (AvgIpc) is 2.71. The van der Waals surface area contributed by atoms with Crippen molar-refractivity contribution in [3.05, 3.63) is 24.4 Å². The van der Waals surface area contributed by atoms with E-state index in [9.17, 15) is 9.59 Å². The Morgan fingerprint density at radius 1 is 1.65 bits per heavy atom. The molecule has 1 atom stereocenters. The summed E-state index contributed by atoms with van der Waals surface area (Å²) < 4.78 is 4.56. The number of carbonyl (C=O) groups excluding carboxylic acids is 2. The number of nitrogens with zero attached hydrogens (tertiary/aromatic N) is 2. The van der Waals surface area contributed by atoms with E-state index in [0.29, 0.717) is 5.82 Å². The number of hydrogen-bond acceptors (Lipinski definition) is 5. The van der Waals surface area contributed by atoms with Crippen LogP contribution in [0.1, 0.15) is 12.8 Å². The van der Waals surface area contributed by atoms with Gasteiger partial charge in [-0.15, -0.1) is 0 Å². The van der Waals surface area contributed by atoms with Gasteiger partial charge in [-0.3, -0.25) is 9.59 Å². The van der Waals surface area contributed by atoms with E-state index in [1.54, 1.807) is 24.4 Å². The molecular weight excluding hydrogens is 222 g/mol. The Bertz CT molecular complexity index is 421. The number of methoxy groups -OCH3 is 1. The number of ether oxygens (including phenoxy) is 1. The van der Waals surface area contributed by atoms with Crippen LogP contribution >= 0.6 is 0 Å². The third-order valence-corrected chi connectivity index (χ3v) is 2.50. The van der Waals surface area contributed by atoms with Gasteiger partial charge in [-0.2, -0.15) is 0 Å². The molecule has 1 saturated heterocycles. The van der Waals surface area contributed by atoms with E-state index in [1.165, 1.54) is 12.1 Å². The zero-order valence-corrected chi connectivity index (χ0v) is 9.42. The van der Waals surface area contributed by atoms with Crippen LogP contribution in [0, 0.1) is 0 Å². The smallest absolute Gasteiger partial charge is 0.307 e. The number of hydrogen-bond donors (Lipinski definition) is 1. The highest BCUT2D eigenvalue weighted by Gasteiger charge is 2.32. The second kappa shape index (κ2) is 4.92. The van der Waals surface area contributed by atoms with Crippen molar-refractivity contribution in [1.29, 1.82) is 0 Å². The maximum Gasteiger partial charge on any atom is 0.307 e. The highest BCUT2D eigenvalue weighted by atomic mass is 16.5. The van der Waals surface area contributed by atoms with Gasteiger partial charge < -0.3 is 4.74 Å². The molecule has 6 heteroatoms. The second-order valence-corrected chi connectivity index (χ2v) is 3.73. The van der Waals surface area contributed by atoms with Gasteiger partial charge in [0.25, 0.3) is 0 Å². The van der Waals surface area contributed by atoms with E-state index in [4.69, 9.17) is 0 Å². The SMILES string of the molecule is COC(=O)CC1CC(=O)N(c2ccccn2)N1. The van der Waals surface area contributed by atoms with Gasteiger partial charge in [-0.25, -0.2) is 15.4 Å². The largest absolute Gasteiger partial charge is 0.469 e. The Labute approximate surface area is 98.6 Å². The van der Waals surface area contributed by atoms with Crippen LogP contribution in [0.5, 0.6) is 0 Å². The summed E-state index contributed by atoms with van der Waals surface area (Å²) in [7, 11) is 1.33. The van der Waals surface area contributed by atoms with Gasteiger partial charge >= 0.3 is 5.97 Å². The molecule has 2 rings (SSSR count). The predicted octanol–water partition coefficient (Wildman–Crippen LogP) is 0.255. The number of amides is 1. The molecular formula is C11H13N3O3. The van der Waals surface area contributed by atoms with E-state index in [2.05, 4.69) is 15.1 Å². The van der Waals surface area contributed by atoms with Gasteiger partial charge in [0, 0.05) is 18.7 Å².